The van der Waals surface area contributed by atoms with Crippen molar-refractivity contribution in [2.24, 2.45) is 0 Å². The third-order valence-corrected chi connectivity index (χ3v) is 4.32. The average Bonchev–Trinajstić information content (AvgIpc) is 2.55. The summed E-state index contributed by atoms with van der Waals surface area (Å²) in [5.74, 6) is -0.706. The fourth-order valence-corrected chi connectivity index (χ4v) is 2.35. The van der Waals surface area contributed by atoms with Crippen LogP contribution in [0.3, 0.4) is 0 Å². The van der Waals surface area contributed by atoms with Crippen LogP contribution in [0.15, 0.2) is 46.9 Å². The van der Waals surface area contributed by atoms with Gasteiger partial charge in [0.2, 0.25) is 0 Å². The number of amides is 2. The molecule has 0 radical (unpaired) electrons. The minimum atomic E-state index is -0.359. The molecule has 0 saturated heterocycles. The van der Waals surface area contributed by atoms with E-state index in [4.69, 9.17) is 12.2 Å². The van der Waals surface area contributed by atoms with Gasteiger partial charge in [0.1, 0.15) is 0 Å². The molecular formula is C17H16BrN3O2S. The molecule has 24 heavy (non-hydrogen) atoms. The summed E-state index contributed by atoms with van der Waals surface area (Å²) in [7, 11) is 0. The minimum absolute atomic E-state index is 0.0140. The van der Waals surface area contributed by atoms with Crippen LogP contribution in [0.4, 0.5) is 0 Å². The molecule has 2 rings (SSSR count). The molecular weight excluding hydrogens is 390 g/mol. The summed E-state index contributed by atoms with van der Waals surface area (Å²) in [6.07, 6.45) is 0. The zero-order chi connectivity index (χ0) is 17.7. The highest BCUT2D eigenvalue weighted by atomic mass is 79.9. The van der Waals surface area contributed by atoms with Gasteiger partial charge in [-0.05, 0) is 55.9 Å². The van der Waals surface area contributed by atoms with Crippen LogP contribution in [0.1, 0.15) is 31.8 Å². The van der Waals surface area contributed by atoms with Gasteiger partial charge < -0.3 is 0 Å². The van der Waals surface area contributed by atoms with Gasteiger partial charge in [-0.1, -0.05) is 39.7 Å². The Morgan fingerprint density at radius 2 is 1.54 bits per heavy atom. The number of thiocarbonyl (C=S) groups is 1. The van der Waals surface area contributed by atoms with Gasteiger partial charge in [0, 0.05) is 15.6 Å². The Morgan fingerprint density at radius 3 is 2.17 bits per heavy atom. The molecule has 0 aliphatic heterocycles. The molecule has 2 amide bonds. The summed E-state index contributed by atoms with van der Waals surface area (Å²) in [5, 5.41) is 2.51. The zero-order valence-electron chi connectivity index (χ0n) is 13.1. The molecule has 0 heterocycles. The summed E-state index contributed by atoms with van der Waals surface area (Å²) < 4.78 is 0.838. The third-order valence-electron chi connectivity index (χ3n) is 3.26. The number of hydrazine groups is 1. The second-order valence-corrected chi connectivity index (χ2v) is 6.45. The smallest absolute Gasteiger partial charge is 0.269 e. The highest BCUT2D eigenvalue weighted by molar-refractivity contribution is 9.10. The molecule has 2 aromatic rings. The molecule has 124 valence electrons. The van der Waals surface area contributed by atoms with Gasteiger partial charge in [0.15, 0.2) is 5.11 Å². The lowest BCUT2D eigenvalue weighted by Crippen LogP contribution is -2.48. The Morgan fingerprint density at radius 1 is 0.917 bits per heavy atom. The van der Waals surface area contributed by atoms with E-state index < -0.39 is 0 Å². The monoisotopic (exact) mass is 405 g/mol. The van der Waals surface area contributed by atoms with Gasteiger partial charge in [-0.25, -0.2) is 0 Å². The molecule has 0 bridgehead atoms. The summed E-state index contributed by atoms with van der Waals surface area (Å²) in [6.45, 7) is 3.87. The van der Waals surface area contributed by atoms with E-state index in [1.165, 1.54) is 0 Å². The molecule has 0 fully saturated rings. The summed E-state index contributed by atoms with van der Waals surface area (Å²) in [4.78, 5) is 24.0. The molecule has 5 nitrogen and oxygen atoms in total. The van der Waals surface area contributed by atoms with Crippen molar-refractivity contribution in [3.05, 3.63) is 69.2 Å². The van der Waals surface area contributed by atoms with Crippen LogP contribution in [0.2, 0.25) is 0 Å². The maximum absolute atomic E-state index is 12.0. The highest BCUT2D eigenvalue weighted by Gasteiger charge is 2.10. The predicted octanol–water partition coefficient (Wildman–Crippen LogP) is 3.02. The molecule has 0 spiro atoms. The highest BCUT2D eigenvalue weighted by Crippen LogP contribution is 2.17. The first kappa shape index (κ1) is 18.1. The van der Waals surface area contributed by atoms with E-state index in [9.17, 15) is 9.59 Å². The molecule has 2 aromatic carbocycles. The summed E-state index contributed by atoms with van der Waals surface area (Å²) in [5.41, 5.74) is 7.99. The molecule has 3 N–H and O–H groups in total. The lowest BCUT2D eigenvalue weighted by atomic mass is 10.1. The van der Waals surface area contributed by atoms with Crippen molar-refractivity contribution in [1.82, 2.24) is 16.2 Å². The van der Waals surface area contributed by atoms with Crippen LogP contribution >= 0.6 is 28.1 Å². The van der Waals surface area contributed by atoms with Gasteiger partial charge in [-0.2, -0.15) is 0 Å². The normalized spacial score (nSPS) is 9.96. The van der Waals surface area contributed by atoms with E-state index in [-0.39, 0.29) is 16.9 Å². The second kappa shape index (κ2) is 8.03. The standard InChI is InChI=1S/C17H16BrN3O2S/c1-10-3-6-12(7-4-10)15(22)19-17(24)21-20-16(23)13-8-5-11(2)14(18)9-13/h3-9H,1-2H3,(H,20,23)(H2,19,21,22,24). The van der Waals surface area contributed by atoms with Crippen molar-refractivity contribution < 1.29 is 9.59 Å². The fourth-order valence-electron chi connectivity index (χ4n) is 1.83. The molecule has 0 unspecified atom stereocenters. The molecule has 0 aromatic heterocycles. The van der Waals surface area contributed by atoms with Crippen LogP contribution in [0.5, 0.6) is 0 Å². The number of halogens is 1. The minimum Gasteiger partial charge on any atom is -0.298 e. The Kier molecular flexibility index (Phi) is 6.05. The maximum Gasteiger partial charge on any atom is 0.269 e. The van der Waals surface area contributed by atoms with E-state index in [0.717, 1.165) is 15.6 Å². The predicted molar refractivity (Wildman–Crippen MR) is 101 cm³/mol. The topological polar surface area (TPSA) is 70.2 Å². The summed E-state index contributed by atoms with van der Waals surface area (Å²) >= 11 is 8.38. The molecule has 0 saturated carbocycles. The van der Waals surface area contributed by atoms with Gasteiger partial charge in [0.25, 0.3) is 11.8 Å². The van der Waals surface area contributed by atoms with Crippen LogP contribution in [0.25, 0.3) is 0 Å². The number of hydrogen-bond acceptors (Lipinski definition) is 3. The van der Waals surface area contributed by atoms with Gasteiger partial charge >= 0.3 is 0 Å². The van der Waals surface area contributed by atoms with Crippen molar-refractivity contribution in [1.29, 1.82) is 0 Å². The van der Waals surface area contributed by atoms with Crippen molar-refractivity contribution in [3.63, 3.8) is 0 Å². The number of rotatable bonds is 2. The summed E-state index contributed by atoms with van der Waals surface area (Å²) in [6, 6.07) is 12.3. The number of carbonyl (C=O) groups excluding carboxylic acids is 2. The Bertz CT molecular complexity index is 791. The lowest BCUT2D eigenvalue weighted by molar-refractivity contribution is 0.0934. The van der Waals surface area contributed by atoms with Crippen LogP contribution in [-0.4, -0.2) is 16.9 Å². The molecule has 0 atom stereocenters. The van der Waals surface area contributed by atoms with Crippen molar-refractivity contribution in [2.75, 3.05) is 0 Å². The fraction of sp³-hybridized carbons (Fsp3) is 0.118. The Labute approximate surface area is 153 Å². The first-order chi connectivity index (χ1) is 11.4. The second-order valence-electron chi connectivity index (χ2n) is 5.19. The van der Waals surface area contributed by atoms with Crippen LogP contribution in [0, 0.1) is 13.8 Å². The molecule has 7 heteroatoms. The van der Waals surface area contributed by atoms with Crippen molar-refractivity contribution in [2.45, 2.75) is 13.8 Å². The average molecular weight is 406 g/mol. The molecule has 0 aliphatic rings. The number of carbonyl (C=O) groups is 2. The Hall–Kier alpha value is -2.25. The quantitative estimate of drug-likeness (QED) is 0.530. The van der Waals surface area contributed by atoms with Crippen molar-refractivity contribution >= 4 is 45.1 Å². The number of aryl methyl sites for hydroxylation is 2. The van der Waals surface area contributed by atoms with E-state index >= 15 is 0 Å². The van der Waals surface area contributed by atoms with Crippen LogP contribution in [-0.2, 0) is 0 Å². The number of nitrogens with one attached hydrogen (secondary N) is 3. The van der Waals surface area contributed by atoms with E-state index in [2.05, 4.69) is 32.1 Å². The van der Waals surface area contributed by atoms with Crippen LogP contribution < -0.4 is 16.2 Å². The van der Waals surface area contributed by atoms with E-state index in [1.54, 1.807) is 24.3 Å². The van der Waals surface area contributed by atoms with Gasteiger partial charge in [0.05, 0.1) is 0 Å². The lowest BCUT2D eigenvalue weighted by Gasteiger charge is -2.11. The zero-order valence-corrected chi connectivity index (χ0v) is 15.5. The Balaban J connectivity index is 1.88. The SMILES string of the molecule is Cc1ccc(C(=O)NC(=S)NNC(=O)c2ccc(C)c(Br)c2)cc1. The van der Waals surface area contributed by atoms with Gasteiger partial charge in [-0.15, -0.1) is 0 Å². The number of benzene rings is 2. The van der Waals surface area contributed by atoms with Crippen molar-refractivity contribution in [3.8, 4) is 0 Å². The first-order valence-corrected chi connectivity index (χ1v) is 8.31. The van der Waals surface area contributed by atoms with E-state index in [0.29, 0.717) is 11.1 Å². The van der Waals surface area contributed by atoms with E-state index in [1.807, 2.05) is 32.0 Å². The van der Waals surface area contributed by atoms with Gasteiger partial charge in [-0.3, -0.25) is 25.8 Å². The first-order valence-electron chi connectivity index (χ1n) is 7.11. The largest absolute Gasteiger partial charge is 0.298 e. The third kappa shape index (κ3) is 4.87. The molecule has 0 aliphatic carbocycles. The number of hydrogen-bond donors (Lipinski definition) is 3. The maximum atomic E-state index is 12.0.